The molecule has 2 aliphatic rings. The van der Waals surface area contributed by atoms with Gasteiger partial charge >= 0.3 is 5.97 Å². The van der Waals surface area contributed by atoms with E-state index in [2.05, 4.69) is 11.9 Å². The van der Waals surface area contributed by atoms with Crippen LogP contribution in [0.25, 0.3) is 0 Å². The minimum absolute atomic E-state index is 0.315. The Morgan fingerprint density at radius 2 is 1.59 bits per heavy atom. The zero-order valence-corrected chi connectivity index (χ0v) is 15.9. The molecule has 1 heterocycles. The maximum absolute atomic E-state index is 13.6. The number of nitrogens with zero attached hydrogens (tertiary/aromatic N) is 1. The van der Waals surface area contributed by atoms with Gasteiger partial charge in [0.1, 0.15) is 0 Å². The predicted molar refractivity (Wildman–Crippen MR) is 95.6 cm³/mol. The highest BCUT2D eigenvalue weighted by Crippen LogP contribution is 2.42. The lowest BCUT2D eigenvalue weighted by Crippen LogP contribution is -2.30. The van der Waals surface area contributed by atoms with Crippen molar-refractivity contribution in [3.63, 3.8) is 0 Å². The molecule has 150 valence electrons. The molecular formula is C21H28F3NO2. The summed E-state index contributed by atoms with van der Waals surface area (Å²) in [6.07, 6.45) is 11.2. The van der Waals surface area contributed by atoms with Gasteiger partial charge in [-0.2, -0.15) is 13.8 Å². The largest absolute Gasteiger partial charge is 0.421 e. The van der Waals surface area contributed by atoms with Crippen LogP contribution in [0.1, 0.15) is 71.1 Å². The second-order valence-electron chi connectivity index (χ2n) is 8.15. The Hall–Kier alpha value is -1.59. The van der Waals surface area contributed by atoms with Crippen molar-refractivity contribution in [1.29, 1.82) is 0 Å². The molecule has 3 rings (SSSR count). The second-order valence-corrected chi connectivity index (χ2v) is 8.15. The molecule has 0 N–H and O–H groups in total. The highest BCUT2D eigenvalue weighted by atomic mass is 19.2. The van der Waals surface area contributed by atoms with E-state index in [-0.39, 0.29) is 5.92 Å². The van der Waals surface area contributed by atoms with E-state index in [1.165, 1.54) is 38.5 Å². The van der Waals surface area contributed by atoms with E-state index in [0.717, 1.165) is 24.7 Å². The average molecular weight is 383 g/mol. The van der Waals surface area contributed by atoms with Crippen LogP contribution in [0.4, 0.5) is 13.2 Å². The quantitative estimate of drug-likeness (QED) is 0.475. The van der Waals surface area contributed by atoms with Crippen molar-refractivity contribution >= 4 is 5.97 Å². The van der Waals surface area contributed by atoms with Crippen LogP contribution in [0.2, 0.25) is 0 Å². The Labute approximate surface area is 158 Å². The maximum atomic E-state index is 13.6. The Morgan fingerprint density at radius 1 is 1.00 bits per heavy atom. The van der Waals surface area contributed by atoms with Crippen molar-refractivity contribution in [3.8, 4) is 5.75 Å². The molecular weight excluding hydrogens is 355 g/mol. The molecule has 0 aliphatic heterocycles. The molecule has 0 amide bonds. The summed E-state index contributed by atoms with van der Waals surface area (Å²) in [6, 6.07) is 0.538. The third-order valence-corrected chi connectivity index (χ3v) is 6.43. The first-order valence-corrected chi connectivity index (χ1v) is 10.2. The Bertz CT molecular complexity index is 651. The maximum Gasteiger partial charge on any atom is 0.314 e. The molecule has 1 aromatic rings. The van der Waals surface area contributed by atoms with Gasteiger partial charge < -0.3 is 4.74 Å². The Balaban J connectivity index is 1.48. The summed E-state index contributed by atoms with van der Waals surface area (Å²) >= 11 is 0. The first kappa shape index (κ1) is 20.2. The van der Waals surface area contributed by atoms with Crippen LogP contribution in [0.3, 0.4) is 0 Å². The van der Waals surface area contributed by atoms with Gasteiger partial charge in [0.05, 0.1) is 5.92 Å². The van der Waals surface area contributed by atoms with Gasteiger partial charge in [0, 0.05) is 6.07 Å². The van der Waals surface area contributed by atoms with E-state index in [0.29, 0.717) is 24.8 Å². The molecule has 0 radical (unpaired) electrons. The minimum atomic E-state index is -1.54. The molecule has 0 aromatic carbocycles. The lowest BCUT2D eigenvalue weighted by molar-refractivity contribution is -0.140. The zero-order chi connectivity index (χ0) is 19.4. The first-order chi connectivity index (χ1) is 13.0. The number of ether oxygens (including phenoxy) is 1. The fourth-order valence-corrected chi connectivity index (χ4v) is 4.88. The molecule has 0 spiro atoms. The molecule has 0 bridgehead atoms. The number of aromatic nitrogens is 1. The van der Waals surface area contributed by atoms with Crippen molar-refractivity contribution in [2.24, 2.45) is 23.7 Å². The highest BCUT2D eigenvalue weighted by molar-refractivity contribution is 5.75. The molecule has 2 saturated carbocycles. The third-order valence-electron chi connectivity index (χ3n) is 6.43. The molecule has 0 unspecified atom stereocenters. The molecule has 3 nitrogen and oxygen atoms in total. The normalized spacial score (nSPS) is 28.7. The first-order valence-electron chi connectivity index (χ1n) is 10.2. The SMILES string of the molecule is CCCC1CCC(C2CCC(C(=O)Oc3cc(F)c(F)nc3F)CC2)CC1. The van der Waals surface area contributed by atoms with Gasteiger partial charge in [-0.15, -0.1) is 0 Å². The van der Waals surface area contributed by atoms with Crippen LogP contribution in [-0.4, -0.2) is 11.0 Å². The van der Waals surface area contributed by atoms with Gasteiger partial charge in [-0.3, -0.25) is 4.79 Å². The van der Waals surface area contributed by atoms with Gasteiger partial charge in [0.25, 0.3) is 11.9 Å². The van der Waals surface area contributed by atoms with Crippen molar-refractivity contribution < 1.29 is 22.7 Å². The van der Waals surface area contributed by atoms with Crippen molar-refractivity contribution in [1.82, 2.24) is 4.98 Å². The fraction of sp³-hybridized carbons (Fsp3) is 0.714. The summed E-state index contributed by atoms with van der Waals surface area (Å²) in [5.41, 5.74) is 0. The summed E-state index contributed by atoms with van der Waals surface area (Å²) in [4.78, 5) is 15.1. The number of hydrogen-bond donors (Lipinski definition) is 0. The molecule has 0 atom stereocenters. The van der Waals surface area contributed by atoms with Crippen LogP contribution < -0.4 is 4.74 Å². The van der Waals surface area contributed by atoms with Crippen LogP contribution in [0.5, 0.6) is 5.75 Å². The van der Waals surface area contributed by atoms with E-state index in [1.807, 2.05) is 0 Å². The molecule has 27 heavy (non-hydrogen) atoms. The monoisotopic (exact) mass is 383 g/mol. The summed E-state index contributed by atoms with van der Waals surface area (Å²) in [5.74, 6) is -3.42. The standard InChI is InChI=1S/C21H28F3NO2/c1-2-3-13-4-6-14(7-5-13)15-8-10-16(11-9-15)21(26)27-18-12-17(22)19(23)25-20(18)24/h12-16H,2-11H2,1H3. The fourth-order valence-electron chi connectivity index (χ4n) is 4.88. The highest BCUT2D eigenvalue weighted by Gasteiger charge is 2.34. The Kier molecular flexibility index (Phi) is 6.77. The Morgan fingerprint density at radius 3 is 2.19 bits per heavy atom. The number of halogens is 3. The van der Waals surface area contributed by atoms with Gasteiger partial charge in [-0.05, 0) is 56.3 Å². The van der Waals surface area contributed by atoms with Gasteiger partial charge in [-0.25, -0.2) is 4.39 Å². The lowest BCUT2D eigenvalue weighted by atomic mass is 9.69. The molecule has 1 aromatic heterocycles. The molecule has 0 saturated heterocycles. The number of carbonyl (C=O) groups excluding carboxylic acids is 1. The lowest BCUT2D eigenvalue weighted by Gasteiger charge is -2.37. The minimum Gasteiger partial charge on any atom is -0.421 e. The summed E-state index contributed by atoms with van der Waals surface area (Å²) < 4.78 is 44.6. The van der Waals surface area contributed by atoms with Crippen molar-refractivity contribution in [2.45, 2.75) is 71.1 Å². The number of esters is 1. The van der Waals surface area contributed by atoms with Gasteiger partial charge in [0.2, 0.25) is 0 Å². The van der Waals surface area contributed by atoms with E-state index in [9.17, 15) is 18.0 Å². The van der Waals surface area contributed by atoms with Crippen LogP contribution in [0, 0.1) is 41.4 Å². The average Bonchev–Trinajstić information content (AvgIpc) is 2.67. The smallest absolute Gasteiger partial charge is 0.314 e. The summed E-state index contributed by atoms with van der Waals surface area (Å²) in [7, 11) is 0. The zero-order valence-electron chi connectivity index (χ0n) is 15.9. The van der Waals surface area contributed by atoms with Gasteiger partial charge in [0.15, 0.2) is 11.6 Å². The third kappa shape index (κ3) is 5.02. The van der Waals surface area contributed by atoms with E-state index >= 15 is 0 Å². The topological polar surface area (TPSA) is 39.2 Å². The van der Waals surface area contributed by atoms with Gasteiger partial charge in [-0.1, -0.05) is 32.6 Å². The van der Waals surface area contributed by atoms with E-state index in [1.54, 1.807) is 0 Å². The summed E-state index contributed by atoms with van der Waals surface area (Å²) in [5, 5.41) is 0. The van der Waals surface area contributed by atoms with E-state index < -0.39 is 29.4 Å². The number of pyridine rings is 1. The van der Waals surface area contributed by atoms with Crippen LogP contribution in [0.15, 0.2) is 6.07 Å². The predicted octanol–water partition coefficient (Wildman–Crippen LogP) is 5.82. The molecule has 2 aliphatic carbocycles. The van der Waals surface area contributed by atoms with Crippen LogP contribution in [-0.2, 0) is 4.79 Å². The summed E-state index contributed by atoms with van der Waals surface area (Å²) in [6.45, 7) is 2.24. The molecule has 6 heteroatoms. The number of hydrogen-bond acceptors (Lipinski definition) is 3. The molecule has 2 fully saturated rings. The van der Waals surface area contributed by atoms with Crippen molar-refractivity contribution in [3.05, 3.63) is 23.8 Å². The van der Waals surface area contributed by atoms with Crippen molar-refractivity contribution in [2.75, 3.05) is 0 Å². The number of rotatable bonds is 5. The van der Waals surface area contributed by atoms with E-state index in [4.69, 9.17) is 4.74 Å². The number of carbonyl (C=O) groups is 1. The van der Waals surface area contributed by atoms with Crippen LogP contribution >= 0.6 is 0 Å². The second kappa shape index (κ2) is 9.07.